The van der Waals surface area contributed by atoms with E-state index in [1.54, 1.807) is 0 Å². The topological polar surface area (TPSA) is 153 Å². The number of rotatable bonds is 13. The number of nitro groups is 3. The van der Waals surface area contributed by atoms with Crippen molar-refractivity contribution in [1.29, 1.82) is 0 Å². The highest BCUT2D eigenvalue weighted by molar-refractivity contribution is 5.64. The molecule has 1 N–H and O–H groups in total. The standard InChI is InChI=1S/C26H35N.C6H3N3O7/c1-4-5-6-7-8-15-20-26(23(2)3)27(21-24-16-11-9-12-17-24)22-25-18-13-10-14-19-25;10-6-4(8(13)14)1-3(7(11)12)2-5(6)9(15)16/h9-14,16-19,23,26H,4-8,21-22H2,1-3H3;1-2,10H. The molecule has 0 aliphatic heterocycles. The van der Waals surface area contributed by atoms with Crippen molar-refractivity contribution in [3.8, 4) is 17.6 Å². The summed E-state index contributed by atoms with van der Waals surface area (Å²) in [7, 11) is 0. The molecule has 0 amide bonds. The number of non-ortho nitro benzene ring substituents is 1. The Morgan fingerprint density at radius 2 is 1.26 bits per heavy atom. The number of hydrogen-bond acceptors (Lipinski definition) is 8. The molecule has 0 spiro atoms. The highest BCUT2D eigenvalue weighted by Crippen LogP contribution is 2.39. The predicted octanol–water partition coefficient (Wildman–Crippen LogP) is 7.80. The van der Waals surface area contributed by atoms with Crippen LogP contribution in [-0.2, 0) is 13.1 Å². The van der Waals surface area contributed by atoms with Gasteiger partial charge in [0.25, 0.3) is 11.4 Å². The predicted molar refractivity (Wildman–Crippen MR) is 165 cm³/mol. The molecule has 11 heteroatoms. The van der Waals surface area contributed by atoms with Crippen molar-refractivity contribution in [1.82, 2.24) is 4.90 Å². The second-order valence-corrected chi connectivity index (χ2v) is 10.3. The molecule has 0 aliphatic rings. The SMILES string of the molecule is CCCCCCC#CC(C(C)C)N(Cc1ccccc1)Cc1ccccc1.O=[N+]([O-])c1cc([N+](=O)[O-])c(O)c([N+](=O)[O-])c1. The molecule has 11 nitrogen and oxygen atoms in total. The minimum Gasteiger partial charge on any atom is -0.497 e. The fraction of sp³-hybridized carbons (Fsp3) is 0.375. The van der Waals surface area contributed by atoms with E-state index in [2.05, 4.69) is 98.2 Å². The molecule has 0 radical (unpaired) electrons. The molecule has 228 valence electrons. The third-order valence-corrected chi connectivity index (χ3v) is 6.55. The molecule has 3 rings (SSSR count). The van der Waals surface area contributed by atoms with E-state index in [0.717, 1.165) is 19.5 Å². The van der Waals surface area contributed by atoms with E-state index < -0.39 is 37.6 Å². The Kier molecular flexibility index (Phi) is 14.3. The van der Waals surface area contributed by atoms with Crippen molar-refractivity contribution in [3.05, 3.63) is 114 Å². The van der Waals surface area contributed by atoms with Gasteiger partial charge >= 0.3 is 11.4 Å². The molecule has 3 aromatic rings. The van der Waals surface area contributed by atoms with Gasteiger partial charge in [-0.05, 0) is 23.5 Å². The lowest BCUT2D eigenvalue weighted by Crippen LogP contribution is -2.37. The number of benzene rings is 3. The molecule has 1 atom stereocenters. The summed E-state index contributed by atoms with van der Waals surface area (Å²) < 4.78 is 0. The summed E-state index contributed by atoms with van der Waals surface area (Å²) in [6.07, 6.45) is 6.15. The van der Waals surface area contributed by atoms with Crippen LogP contribution in [0.4, 0.5) is 17.1 Å². The number of nitrogens with zero attached hydrogens (tertiary/aromatic N) is 4. The molecule has 0 bridgehead atoms. The quantitative estimate of drug-likeness (QED) is 0.0915. The van der Waals surface area contributed by atoms with Crippen LogP contribution < -0.4 is 0 Å². The van der Waals surface area contributed by atoms with E-state index in [4.69, 9.17) is 5.11 Å². The van der Waals surface area contributed by atoms with Crippen LogP contribution in [0.15, 0.2) is 72.8 Å². The van der Waals surface area contributed by atoms with Gasteiger partial charge in [-0.25, -0.2) is 0 Å². The number of nitro benzene ring substituents is 3. The van der Waals surface area contributed by atoms with Crippen LogP contribution in [0.5, 0.6) is 5.75 Å². The lowest BCUT2D eigenvalue weighted by Gasteiger charge is -2.31. The van der Waals surface area contributed by atoms with Crippen LogP contribution in [0.1, 0.15) is 64.0 Å². The van der Waals surface area contributed by atoms with Crippen LogP contribution in [0.25, 0.3) is 0 Å². The number of phenols is 1. The van der Waals surface area contributed by atoms with E-state index in [9.17, 15) is 30.3 Å². The van der Waals surface area contributed by atoms with Crippen LogP contribution >= 0.6 is 0 Å². The smallest absolute Gasteiger partial charge is 0.324 e. The molecule has 1 unspecified atom stereocenters. The zero-order chi connectivity index (χ0) is 31.8. The van der Waals surface area contributed by atoms with Crippen LogP contribution in [0.3, 0.4) is 0 Å². The summed E-state index contributed by atoms with van der Waals surface area (Å²) in [5, 5.41) is 40.2. The number of aromatic hydroxyl groups is 1. The first-order valence-corrected chi connectivity index (χ1v) is 14.2. The first kappa shape index (κ1) is 34.4. The van der Waals surface area contributed by atoms with Gasteiger partial charge in [-0.2, -0.15) is 0 Å². The van der Waals surface area contributed by atoms with E-state index in [-0.39, 0.29) is 6.04 Å². The van der Waals surface area contributed by atoms with E-state index >= 15 is 0 Å². The van der Waals surface area contributed by atoms with Gasteiger partial charge in [-0.3, -0.25) is 35.2 Å². The maximum absolute atomic E-state index is 10.4. The van der Waals surface area contributed by atoms with Crippen molar-refractivity contribution in [3.63, 3.8) is 0 Å². The molecule has 0 saturated carbocycles. The second-order valence-electron chi connectivity index (χ2n) is 10.3. The highest BCUT2D eigenvalue weighted by atomic mass is 16.6. The number of unbranched alkanes of at least 4 members (excludes halogenated alkanes) is 4. The average Bonchev–Trinajstić information content (AvgIpc) is 2.97. The molecule has 0 saturated heterocycles. The Labute approximate surface area is 251 Å². The van der Waals surface area contributed by atoms with Crippen molar-refractivity contribution in [2.75, 3.05) is 0 Å². The lowest BCUT2D eigenvalue weighted by atomic mass is 10.0. The lowest BCUT2D eigenvalue weighted by molar-refractivity contribution is -0.404. The van der Waals surface area contributed by atoms with Gasteiger partial charge in [0.2, 0.25) is 0 Å². The highest BCUT2D eigenvalue weighted by Gasteiger charge is 2.30. The van der Waals surface area contributed by atoms with Crippen LogP contribution in [-0.4, -0.2) is 30.8 Å². The Morgan fingerprint density at radius 3 is 1.65 bits per heavy atom. The van der Waals surface area contributed by atoms with E-state index in [1.807, 2.05) is 0 Å². The molecule has 3 aromatic carbocycles. The summed E-state index contributed by atoms with van der Waals surface area (Å²) in [5.41, 5.74) is -0.300. The van der Waals surface area contributed by atoms with Gasteiger partial charge in [0, 0.05) is 19.5 Å². The summed E-state index contributed by atoms with van der Waals surface area (Å²) in [5.74, 6) is 6.39. The zero-order valence-electron chi connectivity index (χ0n) is 24.7. The maximum atomic E-state index is 10.4. The Bertz CT molecular complexity index is 1330. The Balaban J connectivity index is 0.000000344. The second kappa shape index (κ2) is 17.9. The van der Waals surface area contributed by atoms with Gasteiger partial charge in [-0.1, -0.05) is 107 Å². The monoisotopic (exact) mass is 590 g/mol. The largest absolute Gasteiger partial charge is 0.497 e. The van der Waals surface area contributed by atoms with Crippen molar-refractivity contribution < 1.29 is 19.9 Å². The first-order chi connectivity index (χ1) is 20.5. The minimum absolute atomic E-state index is 0.275. The molecule has 0 fully saturated rings. The molecular formula is C32H38N4O7. The van der Waals surface area contributed by atoms with E-state index in [1.165, 1.54) is 36.8 Å². The number of hydrogen-bond donors (Lipinski definition) is 1. The van der Waals surface area contributed by atoms with Crippen molar-refractivity contribution >= 4 is 17.1 Å². The summed E-state index contributed by atoms with van der Waals surface area (Å²) in [4.78, 5) is 30.3. The Hall–Kier alpha value is -4.82. The number of phenolic OH excluding ortho intramolecular Hbond substituents is 1. The minimum atomic E-state index is -1.21. The van der Waals surface area contributed by atoms with Crippen molar-refractivity contribution in [2.45, 2.75) is 72.0 Å². The molecule has 0 aliphatic carbocycles. The van der Waals surface area contributed by atoms with E-state index in [0.29, 0.717) is 18.1 Å². The third kappa shape index (κ3) is 11.5. The molecule has 0 aromatic heterocycles. The Morgan fingerprint density at radius 1 is 0.767 bits per heavy atom. The molecule has 0 heterocycles. The van der Waals surface area contributed by atoms with Crippen molar-refractivity contribution in [2.24, 2.45) is 5.92 Å². The molecular weight excluding hydrogens is 552 g/mol. The van der Waals surface area contributed by atoms with Gasteiger partial charge in [0.05, 0.1) is 32.9 Å². The fourth-order valence-corrected chi connectivity index (χ4v) is 4.36. The molecule has 43 heavy (non-hydrogen) atoms. The van der Waals surface area contributed by atoms with Gasteiger partial charge in [0.15, 0.2) is 0 Å². The van der Waals surface area contributed by atoms with Gasteiger partial charge in [-0.15, -0.1) is 5.92 Å². The maximum Gasteiger partial charge on any atom is 0.324 e. The summed E-state index contributed by atoms with van der Waals surface area (Å²) >= 11 is 0. The third-order valence-electron chi connectivity index (χ3n) is 6.55. The zero-order valence-corrected chi connectivity index (χ0v) is 24.7. The fourth-order valence-electron chi connectivity index (χ4n) is 4.36. The average molecular weight is 591 g/mol. The van der Waals surface area contributed by atoms with Crippen LogP contribution in [0.2, 0.25) is 0 Å². The summed E-state index contributed by atoms with van der Waals surface area (Å²) in [6.45, 7) is 8.70. The normalized spacial score (nSPS) is 11.2. The van der Waals surface area contributed by atoms with Gasteiger partial charge in [0.1, 0.15) is 0 Å². The first-order valence-electron chi connectivity index (χ1n) is 14.2. The van der Waals surface area contributed by atoms with Crippen LogP contribution in [0, 0.1) is 48.1 Å². The summed E-state index contributed by atoms with van der Waals surface area (Å²) in [6, 6.07) is 22.7. The van der Waals surface area contributed by atoms with Gasteiger partial charge < -0.3 is 5.11 Å².